The first kappa shape index (κ1) is 21.8. The lowest BCUT2D eigenvalue weighted by Gasteiger charge is -2.13. The lowest BCUT2D eigenvalue weighted by atomic mass is 10.2. The number of aliphatic imine (C=N–C) groups is 1. The number of benzene rings is 2. The number of amides is 2. The Balaban J connectivity index is 1.52. The smallest absolute Gasteiger partial charge is 0.242 e. The zero-order chi connectivity index (χ0) is 22.0. The number of carbonyl (C=O) groups is 2. The van der Waals surface area contributed by atoms with E-state index in [1.807, 2.05) is 24.3 Å². The van der Waals surface area contributed by atoms with E-state index in [1.165, 1.54) is 28.0 Å². The van der Waals surface area contributed by atoms with Crippen molar-refractivity contribution in [2.45, 2.75) is 11.7 Å². The number of para-hydroxylation sites is 1. The molecule has 3 aromatic rings. The first-order chi connectivity index (χ1) is 14.9. The zero-order valence-corrected chi connectivity index (χ0v) is 19.2. The molecule has 0 saturated carbocycles. The summed E-state index contributed by atoms with van der Waals surface area (Å²) < 4.78 is 1.01. The second kappa shape index (κ2) is 9.40. The number of hydrogen-bond donors (Lipinski definition) is 1. The zero-order valence-electron chi connectivity index (χ0n) is 16.0. The van der Waals surface area contributed by atoms with Gasteiger partial charge in [-0.15, -0.1) is 6.58 Å². The Morgan fingerprint density at radius 2 is 2.10 bits per heavy atom. The summed E-state index contributed by atoms with van der Waals surface area (Å²) in [6, 6.07) is 12.5. The minimum Gasteiger partial charge on any atom is -0.325 e. The largest absolute Gasteiger partial charge is 0.325 e. The van der Waals surface area contributed by atoms with E-state index < -0.39 is 5.25 Å². The highest BCUT2D eigenvalue weighted by Gasteiger charge is 2.38. The van der Waals surface area contributed by atoms with Gasteiger partial charge in [0, 0.05) is 18.0 Å². The van der Waals surface area contributed by atoms with Crippen molar-refractivity contribution in [1.82, 2.24) is 9.88 Å². The summed E-state index contributed by atoms with van der Waals surface area (Å²) in [5.74, 6) is -0.535. The van der Waals surface area contributed by atoms with Gasteiger partial charge >= 0.3 is 0 Å². The van der Waals surface area contributed by atoms with Crippen LogP contribution in [0.1, 0.15) is 6.42 Å². The van der Waals surface area contributed by atoms with Crippen molar-refractivity contribution in [1.29, 1.82) is 0 Å². The van der Waals surface area contributed by atoms with E-state index in [1.54, 1.807) is 24.3 Å². The molecule has 1 fully saturated rings. The van der Waals surface area contributed by atoms with Crippen LogP contribution in [0.3, 0.4) is 0 Å². The van der Waals surface area contributed by atoms with Crippen LogP contribution in [0.2, 0.25) is 10.0 Å². The third-order valence-corrected chi connectivity index (χ3v) is 7.05. The molecular formula is C21H16Cl2N4O2S2. The number of anilines is 1. The molecule has 1 unspecified atom stereocenters. The first-order valence-corrected chi connectivity index (χ1v) is 11.7. The van der Waals surface area contributed by atoms with Crippen LogP contribution < -0.4 is 5.32 Å². The maximum Gasteiger partial charge on any atom is 0.242 e. The monoisotopic (exact) mass is 490 g/mol. The van der Waals surface area contributed by atoms with Gasteiger partial charge in [0.2, 0.25) is 16.9 Å². The molecule has 0 aliphatic carbocycles. The van der Waals surface area contributed by atoms with Gasteiger partial charge in [-0.1, -0.05) is 64.5 Å². The molecule has 31 heavy (non-hydrogen) atoms. The molecule has 10 heteroatoms. The summed E-state index contributed by atoms with van der Waals surface area (Å²) in [5.41, 5.74) is 1.26. The van der Waals surface area contributed by atoms with Crippen LogP contribution in [0.4, 0.5) is 10.8 Å². The molecule has 4 rings (SSSR count). The van der Waals surface area contributed by atoms with Gasteiger partial charge in [-0.05, 0) is 30.3 Å². The third-order valence-electron chi connectivity index (χ3n) is 4.38. The highest BCUT2D eigenvalue weighted by molar-refractivity contribution is 8.15. The number of thiazole rings is 1. The maximum absolute atomic E-state index is 12.9. The predicted molar refractivity (Wildman–Crippen MR) is 130 cm³/mol. The summed E-state index contributed by atoms with van der Waals surface area (Å²) in [4.78, 5) is 36.1. The number of thioether (sulfide) groups is 1. The molecule has 0 spiro atoms. The predicted octanol–water partition coefficient (Wildman–Crippen LogP) is 5.75. The quantitative estimate of drug-likeness (QED) is 0.446. The molecule has 0 bridgehead atoms. The number of rotatable bonds is 6. The standard InChI is InChI=1S/C21H16Cl2N4O2S2/c1-2-9-27-19(29)17(11-18(28)24-15-10-12(22)7-8-13(15)23)31-21(27)26-20-25-14-5-3-4-6-16(14)30-20/h2-8,10,17H,1,9,11H2,(H,24,28). The number of nitrogens with one attached hydrogen (secondary N) is 1. The van der Waals surface area contributed by atoms with Crippen LogP contribution in [0.5, 0.6) is 0 Å². The highest BCUT2D eigenvalue weighted by atomic mass is 35.5. The molecule has 1 aliphatic rings. The van der Waals surface area contributed by atoms with Gasteiger partial charge in [0.25, 0.3) is 0 Å². The minimum atomic E-state index is -0.606. The van der Waals surface area contributed by atoms with E-state index in [9.17, 15) is 9.59 Å². The summed E-state index contributed by atoms with van der Waals surface area (Å²) >= 11 is 14.8. The van der Waals surface area contributed by atoms with Crippen LogP contribution in [-0.4, -0.2) is 38.7 Å². The fourth-order valence-corrected chi connectivity index (χ4v) is 5.36. The van der Waals surface area contributed by atoms with Gasteiger partial charge in [-0.2, -0.15) is 4.99 Å². The van der Waals surface area contributed by atoms with E-state index in [0.29, 0.717) is 32.6 Å². The molecular weight excluding hydrogens is 475 g/mol. The number of aromatic nitrogens is 1. The van der Waals surface area contributed by atoms with Gasteiger partial charge < -0.3 is 5.32 Å². The minimum absolute atomic E-state index is 0.0289. The second-order valence-electron chi connectivity index (χ2n) is 6.58. The van der Waals surface area contributed by atoms with Crippen LogP contribution in [-0.2, 0) is 9.59 Å². The second-order valence-corrected chi connectivity index (χ2v) is 9.60. The Morgan fingerprint density at radius 3 is 2.87 bits per heavy atom. The van der Waals surface area contributed by atoms with Crippen molar-refractivity contribution in [2.75, 3.05) is 11.9 Å². The molecule has 1 aliphatic heterocycles. The Morgan fingerprint density at radius 1 is 1.29 bits per heavy atom. The van der Waals surface area contributed by atoms with E-state index in [-0.39, 0.29) is 18.2 Å². The van der Waals surface area contributed by atoms with Gasteiger partial charge in [0.1, 0.15) is 5.25 Å². The topological polar surface area (TPSA) is 74.7 Å². The molecule has 1 N–H and O–H groups in total. The molecule has 1 saturated heterocycles. The molecule has 2 heterocycles. The number of hydrogen-bond acceptors (Lipinski definition) is 6. The molecule has 0 radical (unpaired) electrons. The van der Waals surface area contributed by atoms with Crippen molar-refractivity contribution in [3.63, 3.8) is 0 Å². The van der Waals surface area contributed by atoms with Crippen LogP contribution in [0, 0.1) is 0 Å². The van der Waals surface area contributed by atoms with E-state index in [0.717, 1.165) is 10.2 Å². The molecule has 6 nitrogen and oxygen atoms in total. The molecule has 1 atom stereocenters. The highest BCUT2D eigenvalue weighted by Crippen LogP contribution is 2.35. The average Bonchev–Trinajstić information content (AvgIpc) is 3.27. The molecule has 2 aromatic carbocycles. The van der Waals surface area contributed by atoms with Gasteiger partial charge in [0.15, 0.2) is 5.17 Å². The average molecular weight is 491 g/mol. The van der Waals surface area contributed by atoms with Crippen LogP contribution in [0.15, 0.2) is 60.1 Å². The Bertz CT molecular complexity index is 1180. The first-order valence-electron chi connectivity index (χ1n) is 9.22. The number of carbonyl (C=O) groups excluding carboxylic acids is 2. The van der Waals surface area contributed by atoms with Gasteiger partial charge in [0.05, 0.1) is 20.9 Å². The Labute approximate surface area is 197 Å². The van der Waals surface area contributed by atoms with Crippen LogP contribution in [0.25, 0.3) is 10.2 Å². The van der Waals surface area contributed by atoms with Crippen molar-refractivity contribution >= 4 is 84.3 Å². The van der Waals surface area contributed by atoms with Crippen molar-refractivity contribution in [2.24, 2.45) is 4.99 Å². The summed E-state index contributed by atoms with van der Waals surface area (Å²) in [5, 5.41) is 3.99. The van der Waals surface area contributed by atoms with Crippen LogP contribution >= 0.6 is 46.3 Å². The fraction of sp³-hybridized carbons (Fsp3) is 0.143. The lowest BCUT2D eigenvalue weighted by molar-refractivity contribution is -0.127. The SMILES string of the molecule is C=CCN1C(=O)C(CC(=O)Nc2cc(Cl)ccc2Cl)SC1=Nc1nc2ccccc2s1. The Hall–Kier alpha value is -2.39. The maximum atomic E-state index is 12.9. The number of fused-ring (bicyclic) bond motifs is 1. The Kier molecular flexibility index (Phi) is 6.62. The van der Waals surface area contributed by atoms with Crippen molar-refractivity contribution in [3.05, 3.63) is 65.2 Å². The van der Waals surface area contributed by atoms with E-state index in [4.69, 9.17) is 23.2 Å². The summed E-state index contributed by atoms with van der Waals surface area (Å²) in [7, 11) is 0. The fourth-order valence-electron chi connectivity index (χ4n) is 2.97. The van der Waals surface area contributed by atoms with E-state index in [2.05, 4.69) is 21.9 Å². The number of nitrogens with zero attached hydrogens (tertiary/aromatic N) is 3. The van der Waals surface area contributed by atoms with Crippen molar-refractivity contribution in [3.8, 4) is 0 Å². The van der Waals surface area contributed by atoms with Gasteiger partial charge in [-0.25, -0.2) is 4.98 Å². The number of amidine groups is 1. The van der Waals surface area contributed by atoms with E-state index >= 15 is 0 Å². The summed E-state index contributed by atoms with van der Waals surface area (Å²) in [6.45, 7) is 4.02. The molecule has 1 aromatic heterocycles. The van der Waals surface area contributed by atoms with Crippen molar-refractivity contribution < 1.29 is 9.59 Å². The molecule has 158 valence electrons. The molecule has 2 amide bonds. The van der Waals surface area contributed by atoms with Gasteiger partial charge in [-0.3, -0.25) is 14.5 Å². The lowest BCUT2D eigenvalue weighted by Crippen LogP contribution is -2.33. The number of halogens is 2. The normalized spacial score (nSPS) is 17.5. The third kappa shape index (κ3) is 4.93. The summed E-state index contributed by atoms with van der Waals surface area (Å²) in [6.07, 6.45) is 1.60.